The fourth-order valence-electron chi connectivity index (χ4n) is 2.72. The summed E-state index contributed by atoms with van der Waals surface area (Å²) >= 11 is 0. The molecule has 4 aromatic rings. The van der Waals surface area contributed by atoms with Gasteiger partial charge in [-0.15, -0.1) is 0 Å². The molecule has 0 unspecified atom stereocenters. The van der Waals surface area contributed by atoms with Crippen molar-refractivity contribution >= 4 is 16.6 Å². The van der Waals surface area contributed by atoms with Gasteiger partial charge in [0.1, 0.15) is 18.2 Å². The molecule has 2 aromatic heterocycles. The molecule has 0 spiro atoms. The summed E-state index contributed by atoms with van der Waals surface area (Å²) in [5.74, 6) is 1.36. The third kappa shape index (κ3) is 4.12. The Morgan fingerprint density at radius 3 is 2.63 bits per heavy atom. The van der Waals surface area contributed by atoms with Crippen LogP contribution in [0.4, 0.5) is 5.69 Å². The number of fused-ring (bicyclic) bond motifs is 1. The van der Waals surface area contributed by atoms with Crippen LogP contribution in [0.2, 0.25) is 0 Å². The quantitative estimate of drug-likeness (QED) is 0.551. The minimum Gasteiger partial charge on any atom is -0.489 e. The molecule has 0 bridgehead atoms. The molecule has 2 aromatic carbocycles. The van der Waals surface area contributed by atoms with Gasteiger partial charge in [0.2, 0.25) is 0 Å². The fraction of sp³-hybridized carbons (Fsp3) is 0.0952. The number of aromatic amines is 1. The SMILES string of the molecule is O=c1[nH]c(CNc2ccc(OCc3ccccc3)cc2)nc2cnccc12. The van der Waals surface area contributed by atoms with E-state index in [0.717, 1.165) is 17.0 Å². The number of hydrogen-bond acceptors (Lipinski definition) is 5. The van der Waals surface area contributed by atoms with Crippen LogP contribution in [-0.2, 0) is 13.2 Å². The van der Waals surface area contributed by atoms with Crippen molar-refractivity contribution in [2.24, 2.45) is 0 Å². The van der Waals surface area contributed by atoms with Gasteiger partial charge in [-0.2, -0.15) is 0 Å². The van der Waals surface area contributed by atoms with Gasteiger partial charge in [-0.05, 0) is 35.9 Å². The monoisotopic (exact) mass is 358 g/mol. The number of hydrogen-bond donors (Lipinski definition) is 2. The van der Waals surface area contributed by atoms with Gasteiger partial charge >= 0.3 is 0 Å². The number of benzene rings is 2. The van der Waals surface area contributed by atoms with Crippen molar-refractivity contribution in [1.82, 2.24) is 15.0 Å². The average Bonchev–Trinajstić information content (AvgIpc) is 2.72. The van der Waals surface area contributed by atoms with Crippen LogP contribution in [0.1, 0.15) is 11.4 Å². The predicted molar refractivity (Wildman–Crippen MR) is 105 cm³/mol. The number of ether oxygens (including phenoxy) is 1. The Bertz CT molecular complexity index is 1090. The molecule has 0 atom stereocenters. The normalized spacial score (nSPS) is 10.7. The standard InChI is InChI=1S/C21H18N4O2/c26-21-18-10-11-22-12-19(18)24-20(25-21)13-23-16-6-8-17(9-7-16)27-14-15-4-2-1-3-5-15/h1-12,23H,13-14H2,(H,24,25,26). The Balaban J connectivity index is 1.38. The second-order valence-electron chi connectivity index (χ2n) is 6.06. The van der Waals surface area contributed by atoms with Crippen molar-refractivity contribution in [2.75, 3.05) is 5.32 Å². The van der Waals surface area contributed by atoms with Gasteiger partial charge in [-0.3, -0.25) is 9.78 Å². The van der Waals surface area contributed by atoms with E-state index in [2.05, 4.69) is 20.3 Å². The summed E-state index contributed by atoms with van der Waals surface area (Å²) < 4.78 is 5.78. The minimum absolute atomic E-state index is 0.163. The summed E-state index contributed by atoms with van der Waals surface area (Å²) in [6.45, 7) is 0.939. The van der Waals surface area contributed by atoms with Gasteiger partial charge in [0.25, 0.3) is 5.56 Å². The van der Waals surface area contributed by atoms with E-state index in [1.165, 1.54) is 0 Å². The maximum absolute atomic E-state index is 12.1. The molecule has 2 heterocycles. The van der Waals surface area contributed by atoms with E-state index in [1.807, 2.05) is 54.6 Å². The molecule has 0 saturated carbocycles. The van der Waals surface area contributed by atoms with Crippen LogP contribution < -0.4 is 15.6 Å². The summed E-state index contributed by atoms with van der Waals surface area (Å²) in [6, 6.07) is 19.4. The third-order valence-corrected chi connectivity index (χ3v) is 4.12. The van der Waals surface area contributed by atoms with Crippen LogP contribution in [0.5, 0.6) is 5.75 Å². The molecule has 27 heavy (non-hydrogen) atoms. The van der Waals surface area contributed by atoms with Crippen LogP contribution in [0.25, 0.3) is 10.9 Å². The highest BCUT2D eigenvalue weighted by atomic mass is 16.5. The van der Waals surface area contributed by atoms with E-state index in [-0.39, 0.29) is 5.56 Å². The highest BCUT2D eigenvalue weighted by Gasteiger charge is 2.04. The Morgan fingerprint density at radius 2 is 1.81 bits per heavy atom. The molecule has 6 nitrogen and oxygen atoms in total. The Labute approximate surface area is 155 Å². The molecular formula is C21H18N4O2. The van der Waals surface area contributed by atoms with Gasteiger partial charge in [-0.25, -0.2) is 4.98 Å². The third-order valence-electron chi connectivity index (χ3n) is 4.12. The molecule has 4 rings (SSSR count). The van der Waals surface area contributed by atoms with Crippen molar-refractivity contribution in [2.45, 2.75) is 13.2 Å². The molecule has 6 heteroatoms. The van der Waals surface area contributed by atoms with Crippen LogP contribution in [0.15, 0.2) is 77.9 Å². The second kappa shape index (κ2) is 7.70. The van der Waals surface area contributed by atoms with Gasteiger partial charge < -0.3 is 15.0 Å². The molecular weight excluding hydrogens is 340 g/mol. The van der Waals surface area contributed by atoms with E-state index in [4.69, 9.17) is 4.74 Å². The van der Waals surface area contributed by atoms with Gasteiger partial charge in [0.05, 0.1) is 23.6 Å². The number of nitrogens with one attached hydrogen (secondary N) is 2. The zero-order valence-corrected chi connectivity index (χ0v) is 14.6. The molecule has 0 fully saturated rings. The minimum atomic E-state index is -0.163. The number of aromatic nitrogens is 3. The maximum Gasteiger partial charge on any atom is 0.258 e. The zero-order valence-electron chi connectivity index (χ0n) is 14.6. The number of nitrogens with zero attached hydrogens (tertiary/aromatic N) is 2. The van der Waals surface area contributed by atoms with Crippen molar-refractivity contribution in [1.29, 1.82) is 0 Å². The summed E-state index contributed by atoms with van der Waals surface area (Å²) in [7, 11) is 0. The van der Waals surface area contributed by atoms with Crippen LogP contribution >= 0.6 is 0 Å². The van der Waals surface area contributed by atoms with Crippen molar-refractivity contribution in [3.8, 4) is 5.75 Å². The summed E-state index contributed by atoms with van der Waals surface area (Å²) in [5.41, 5.74) is 2.46. The Kier molecular flexibility index (Phi) is 4.78. The maximum atomic E-state index is 12.1. The summed E-state index contributed by atoms with van der Waals surface area (Å²) in [5, 5.41) is 3.78. The molecule has 0 aliphatic rings. The lowest BCUT2D eigenvalue weighted by molar-refractivity contribution is 0.306. The first-order valence-corrected chi connectivity index (χ1v) is 8.61. The lowest BCUT2D eigenvalue weighted by Crippen LogP contribution is -2.14. The van der Waals surface area contributed by atoms with E-state index in [1.54, 1.807) is 18.5 Å². The molecule has 2 N–H and O–H groups in total. The van der Waals surface area contributed by atoms with Crippen molar-refractivity contribution < 1.29 is 4.74 Å². The predicted octanol–water partition coefficient (Wildman–Crippen LogP) is 3.51. The lowest BCUT2D eigenvalue weighted by atomic mass is 10.2. The summed E-state index contributed by atoms with van der Waals surface area (Å²) in [4.78, 5) is 23.3. The van der Waals surface area contributed by atoms with Crippen molar-refractivity contribution in [3.05, 3.63) is 94.8 Å². The van der Waals surface area contributed by atoms with Crippen LogP contribution in [0.3, 0.4) is 0 Å². The Morgan fingerprint density at radius 1 is 1.00 bits per heavy atom. The first-order chi connectivity index (χ1) is 13.3. The summed E-state index contributed by atoms with van der Waals surface area (Å²) in [6.07, 6.45) is 3.17. The molecule has 0 aliphatic carbocycles. The van der Waals surface area contributed by atoms with Crippen LogP contribution in [-0.4, -0.2) is 15.0 Å². The highest BCUT2D eigenvalue weighted by molar-refractivity contribution is 5.75. The number of pyridine rings is 1. The lowest BCUT2D eigenvalue weighted by Gasteiger charge is -2.09. The van der Waals surface area contributed by atoms with Crippen LogP contribution in [0, 0.1) is 0 Å². The number of H-pyrrole nitrogens is 1. The van der Waals surface area contributed by atoms with Gasteiger partial charge in [-0.1, -0.05) is 30.3 Å². The average molecular weight is 358 g/mol. The molecule has 0 aliphatic heterocycles. The topological polar surface area (TPSA) is 79.9 Å². The van der Waals surface area contributed by atoms with E-state index in [0.29, 0.717) is 29.9 Å². The number of rotatable bonds is 6. The zero-order chi connectivity index (χ0) is 18.5. The van der Waals surface area contributed by atoms with E-state index < -0.39 is 0 Å². The molecule has 0 amide bonds. The Hall–Kier alpha value is -3.67. The van der Waals surface area contributed by atoms with Gasteiger partial charge in [0, 0.05) is 11.9 Å². The van der Waals surface area contributed by atoms with Gasteiger partial charge in [0.15, 0.2) is 0 Å². The molecule has 0 saturated heterocycles. The molecule has 0 radical (unpaired) electrons. The highest BCUT2D eigenvalue weighted by Crippen LogP contribution is 2.17. The second-order valence-corrected chi connectivity index (χ2v) is 6.06. The van der Waals surface area contributed by atoms with Crippen molar-refractivity contribution in [3.63, 3.8) is 0 Å². The fourth-order valence-corrected chi connectivity index (χ4v) is 2.72. The first kappa shape index (κ1) is 16.8. The first-order valence-electron chi connectivity index (χ1n) is 8.61. The smallest absolute Gasteiger partial charge is 0.258 e. The van der Waals surface area contributed by atoms with E-state index in [9.17, 15) is 4.79 Å². The van der Waals surface area contributed by atoms with E-state index >= 15 is 0 Å². The molecule has 134 valence electrons. The number of anilines is 1. The largest absolute Gasteiger partial charge is 0.489 e.